The molecule has 22 rings (SSSR count). The Morgan fingerprint density at radius 2 is 0.741 bits per heavy atom. The monoisotopic (exact) mass is 1960 g/mol. The molecule has 11 aliphatic rings. The topological polar surface area (TPSA) is 353 Å². The number of anilines is 7. The zero-order chi connectivity index (χ0) is 95.4. The van der Waals surface area contributed by atoms with Crippen LogP contribution in [0.4, 0.5) is 45.5 Å². The van der Waals surface area contributed by atoms with E-state index in [1.54, 1.807) is 25.5 Å². The molecule has 11 aromatic rings. The van der Waals surface area contributed by atoms with Crippen LogP contribution in [0.1, 0.15) is 254 Å². The van der Waals surface area contributed by atoms with E-state index in [1.165, 1.54) is 73.6 Å². The van der Waals surface area contributed by atoms with E-state index in [2.05, 4.69) is 90.1 Å². The minimum absolute atomic E-state index is 0.00853. The van der Waals surface area contributed by atoms with Crippen LogP contribution in [0.15, 0.2) is 102 Å². The fourth-order valence-corrected chi connectivity index (χ4v) is 23.7. The fraction of sp³-hybridized carbons (Fsp3) is 0.500. The number of aryl methyl sites for hydroxylation is 3. The van der Waals surface area contributed by atoms with Gasteiger partial charge in [-0.15, -0.1) is 0 Å². The SMILES string of the molecule is CC1=Nc2c(Nc3ccc(C4CC4)cc3P(C)(C)=O)cc(CC(=O)C3CC3)nc2C1.CP(C)(=O)c1cc(C2CC2)ccc1N.Cc1nc2c(Cl)cc(Cl)nc2n1C1CCCCO1.Cc1nc2c(Nc3ccc(C4CC4)cc3P(C)(C)=O)cc(CC(=O)C3CC3)nc2n1C1CCCCO1.Cc1nc2c(Nc3ccc(C4CC4)cc3P(C)(C)=O)cc(Cl)nc2n1C1CCCCO1.NC(=O)C1CC1. The number of halogens is 3. The van der Waals surface area contributed by atoms with E-state index in [0.717, 1.165) is 234 Å². The molecule has 10 fully saturated rings. The van der Waals surface area contributed by atoms with Gasteiger partial charge in [-0.2, -0.15) is 0 Å². The maximum Gasteiger partial charge on any atom is 0.220 e. The first-order valence-electron chi connectivity index (χ1n) is 48.1. The molecule has 1 amide bonds. The van der Waals surface area contributed by atoms with Gasteiger partial charge < -0.3 is 59.9 Å². The zero-order valence-electron chi connectivity index (χ0n) is 79.6. The molecule has 0 radical (unpaired) electrons. The molecule has 4 aliphatic heterocycles. The van der Waals surface area contributed by atoms with Crippen molar-refractivity contribution in [3.8, 4) is 0 Å². The summed E-state index contributed by atoms with van der Waals surface area (Å²) >= 11 is 18.5. The second kappa shape index (κ2) is 40.6. The number of carbonyl (C=O) groups is 3. The molecule has 26 nitrogen and oxygen atoms in total. The lowest BCUT2D eigenvalue weighted by Crippen LogP contribution is -2.19. The zero-order valence-corrected chi connectivity index (χ0v) is 85.4. The van der Waals surface area contributed by atoms with E-state index in [-0.39, 0.29) is 53.9 Å². The molecule has 3 atom stereocenters. The minimum Gasteiger partial charge on any atom is -0.398 e. The number of aromatic nitrogens is 10. The van der Waals surface area contributed by atoms with Gasteiger partial charge in [0.05, 0.1) is 39.2 Å². The lowest BCUT2D eigenvalue weighted by Gasteiger charge is -2.25. The highest BCUT2D eigenvalue weighted by molar-refractivity contribution is 7.71. The van der Waals surface area contributed by atoms with Crippen molar-refractivity contribution in [1.82, 2.24) is 48.6 Å². The molecule has 0 bridgehead atoms. The second-order valence-electron chi connectivity index (χ2n) is 40.2. The van der Waals surface area contributed by atoms with Gasteiger partial charge in [0.15, 0.2) is 16.9 Å². The number of rotatable bonds is 24. The standard InChI is InChI=1S/C28H35N4O3P.C24H28N3O2P.C23H28ClN4O2P.C12H13Cl2N3O.C11H16NOP.C4H7NO/c1-17-29-27-23(31-22-12-11-20(18-7-8-18)14-25(22)36(2,3)34)15-21(16-24(33)19-9-10-19)30-28(27)32(17)26-6-4-5-13-35-26;1-14-10-20-24(25-14)21(12-18(26-20)13-22(28)16-6-7-16)27-19-9-8-17(15-4-5-15)11-23(19)30(2,3)29;1-14-25-22-18(13-20(24)27-23(22)28(14)21-6-4-5-11-30-21)26-17-10-9-16(15-7-8-15)12-19(17)31(2,3)29;1-7-15-11-8(13)6-9(14)16-12(11)17(7)10-4-2-3-5-18-10;1-14(2,13)11-7-9(8-3-4-8)5-6-10(11)12;5-4(6)3-1-2-3/h11-12,14-15,18-19,26H,4-10,13,16H2,1-3H3,(H,30,31);8-9,11-12,15-16H,4-7,10,13H2,1-3H3,(H,26,27);9-10,12-13,15,21H,4-8,11H2,1-3H3,(H,26,27);6,10H,2-5H2,1H3;5-8H,3-4,12H2,1-2H3;3H,1-2H2,(H2,5,6). The Morgan fingerprint density at radius 1 is 0.393 bits per heavy atom. The van der Waals surface area contributed by atoms with Gasteiger partial charge in [0.1, 0.15) is 109 Å². The lowest BCUT2D eigenvalue weighted by molar-refractivity contribution is -0.120. The Morgan fingerprint density at radius 3 is 1.11 bits per heavy atom. The number of carbonyl (C=O) groups excluding carboxylic acids is 3. The third kappa shape index (κ3) is 24.2. The summed E-state index contributed by atoms with van der Waals surface area (Å²) in [5, 5.41) is 15.3. The summed E-state index contributed by atoms with van der Waals surface area (Å²) < 4.78 is 75.5. The van der Waals surface area contributed by atoms with E-state index in [1.807, 2.05) is 107 Å². The molecule has 7 aliphatic carbocycles. The number of primary amides is 1. The van der Waals surface area contributed by atoms with Crippen molar-refractivity contribution >= 4 is 187 Å². The van der Waals surface area contributed by atoms with Crippen molar-refractivity contribution in [1.29, 1.82) is 0 Å². The van der Waals surface area contributed by atoms with Gasteiger partial charge in [0.2, 0.25) is 5.91 Å². The maximum atomic E-state index is 13.3. The van der Waals surface area contributed by atoms with Crippen LogP contribution < -0.4 is 48.6 Å². The van der Waals surface area contributed by atoms with Gasteiger partial charge in [0.25, 0.3) is 0 Å². The summed E-state index contributed by atoms with van der Waals surface area (Å²) in [6.07, 6.45) is 26.5. The molecule has 11 heterocycles. The van der Waals surface area contributed by atoms with Crippen molar-refractivity contribution < 1.29 is 46.9 Å². The third-order valence-corrected chi connectivity index (χ3v) is 33.6. The number of nitrogens with two attached hydrogens (primary N) is 2. The van der Waals surface area contributed by atoms with Crippen LogP contribution in [-0.2, 0) is 66.1 Å². The van der Waals surface area contributed by atoms with Crippen LogP contribution >= 0.6 is 63.4 Å². The number of Topliss-reactive ketones (excluding diaryl/α,β-unsaturated/α-hetero) is 2. The number of benzene rings is 4. The number of nitrogens with one attached hydrogen (secondary N) is 3. The third-order valence-electron chi connectivity index (χ3n) is 26.8. The highest BCUT2D eigenvalue weighted by Crippen LogP contribution is 2.51. The summed E-state index contributed by atoms with van der Waals surface area (Å²) in [4.78, 5) is 72.6. The number of imidazole rings is 3. The Hall–Kier alpha value is -8.76. The van der Waals surface area contributed by atoms with Crippen molar-refractivity contribution in [2.24, 2.45) is 28.5 Å². The molecule has 3 saturated heterocycles. The van der Waals surface area contributed by atoms with Crippen molar-refractivity contribution in [3.05, 3.63) is 169 Å². The number of ketones is 2. The molecule has 7 aromatic heterocycles. The first kappa shape index (κ1) is 97.9. The molecule has 33 heteroatoms. The van der Waals surface area contributed by atoms with Crippen molar-refractivity contribution in [2.45, 2.75) is 237 Å². The van der Waals surface area contributed by atoms with Crippen LogP contribution in [0.25, 0.3) is 33.5 Å². The molecular formula is C102H127Cl3N16O10P4. The molecule has 3 unspecified atom stereocenters. The summed E-state index contributed by atoms with van der Waals surface area (Å²) in [6, 6.07) is 32.2. The van der Waals surface area contributed by atoms with Crippen LogP contribution in [0.3, 0.4) is 0 Å². The summed E-state index contributed by atoms with van der Waals surface area (Å²) in [5.41, 5.74) is 30.1. The predicted molar refractivity (Wildman–Crippen MR) is 548 cm³/mol. The maximum absolute atomic E-state index is 13.3. The smallest absolute Gasteiger partial charge is 0.220 e. The van der Waals surface area contributed by atoms with E-state index < -0.39 is 28.6 Å². The average Bonchev–Trinajstić information content (AvgIpc) is 1.61. The highest BCUT2D eigenvalue weighted by atomic mass is 35.5. The molecule has 0 spiro atoms. The highest BCUT2D eigenvalue weighted by Gasteiger charge is 2.37. The van der Waals surface area contributed by atoms with E-state index in [0.29, 0.717) is 80.8 Å². The number of nitrogens with zero attached hydrogens (tertiary/aromatic N) is 11. The number of pyridine rings is 4. The largest absolute Gasteiger partial charge is 0.398 e. The average molecular weight is 1970 g/mol. The van der Waals surface area contributed by atoms with Crippen LogP contribution in [0.2, 0.25) is 15.3 Å². The summed E-state index contributed by atoms with van der Waals surface area (Å²) in [7, 11) is -9.71. The van der Waals surface area contributed by atoms with Gasteiger partial charge in [-0.1, -0.05) is 59.1 Å². The molecule has 4 aromatic carbocycles. The van der Waals surface area contributed by atoms with E-state index in [4.69, 9.17) is 85.4 Å². The number of fused-ring (bicyclic) bond motifs is 4. The quantitative estimate of drug-likeness (QED) is 0.0213. The number of hydrogen-bond acceptors (Lipinski definition) is 22. The van der Waals surface area contributed by atoms with Gasteiger partial charge in [-0.3, -0.25) is 38.1 Å². The lowest BCUT2D eigenvalue weighted by atomic mass is 10.1. The van der Waals surface area contributed by atoms with Gasteiger partial charge >= 0.3 is 0 Å². The number of ether oxygens (including phenoxy) is 3. The molecule has 135 heavy (non-hydrogen) atoms. The molecular weight excluding hydrogens is 1840 g/mol. The van der Waals surface area contributed by atoms with Gasteiger partial charge in [-0.05, 0) is 341 Å². The van der Waals surface area contributed by atoms with Crippen LogP contribution in [-0.4, -0.2) is 145 Å². The van der Waals surface area contributed by atoms with Gasteiger partial charge in [-0.25, -0.2) is 29.9 Å². The fourth-order valence-electron chi connectivity index (χ4n) is 18.4. The molecule has 716 valence electrons. The van der Waals surface area contributed by atoms with Crippen LogP contribution in [0, 0.1) is 38.5 Å². The number of amides is 1. The van der Waals surface area contributed by atoms with Crippen molar-refractivity contribution in [3.63, 3.8) is 0 Å². The first-order valence-corrected chi connectivity index (χ1v) is 59.6. The van der Waals surface area contributed by atoms with E-state index >= 15 is 0 Å². The Bertz CT molecular complexity index is 6620. The number of nitrogen functional groups attached to an aromatic ring is 1. The number of aliphatic imine (C=N–C) groups is 1. The van der Waals surface area contributed by atoms with Gasteiger partial charge in [0, 0.05) is 113 Å². The summed E-state index contributed by atoms with van der Waals surface area (Å²) in [5.74, 6) is 6.11. The molecule has 7 N–H and O–H groups in total. The normalized spacial score (nSPS) is 19.5. The Kier molecular flexibility index (Phi) is 29.4. The van der Waals surface area contributed by atoms with E-state index in [9.17, 15) is 32.6 Å². The minimum atomic E-state index is -2.54. The Balaban J connectivity index is 0.000000119. The van der Waals surface area contributed by atoms with Crippen LogP contribution in [0.5, 0.6) is 0 Å². The first-order chi connectivity index (χ1) is 64.3. The predicted octanol–water partition coefficient (Wildman–Crippen LogP) is 22.9. The molecule has 7 saturated carbocycles. The summed E-state index contributed by atoms with van der Waals surface area (Å²) in [6.45, 7) is 24.6. The Labute approximate surface area is 806 Å². The number of hydrogen-bond donors (Lipinski definition) is 5. The second-order valence-corrected chi connectivity index (χ2v) is 54.1. The van der Waals surface area contributed by atoms with Crippen molar-refractivity contribution in [2.75, 3.05) is 94.8 Å².